The van der Waals surface area contributed by atoms with Crippen molar-refractivity contribution in [2.75, 3.05) is 18.4 Å². The lowest BCUT2D eigenvalue weighted by atomic mass is 10.1. The summed E-state index contributed by atoms with van der Waals surface area (Å²) in [7, 11) is -3.63. The molecule has 1 amide bonds. The summed E-state index contributed by atoms with van der Waals surface area (Å²) in [6.07, 6.45) is 5.39. The summed E-state index contributed by atoms with van der Waals surface area (Å²) in [5, 5.41) is 2.88. The molecule has 4 rings (SSSR count). The average Bonchev–Trinajstić information content (AvgIpc) is 3.24. The first kappa shape index (κ1) is 22.2. The largest absolute Gasteiger partial charge is 0.334 e. The van der Waals surface area contributed by atoms with Gasteiger partial charge >= 0.3 is 0 Å². The van der Waals surface area contributed by atoms with Crippen LogP contribution in [0.25, 0.3) is 11.3 Å². The van der Waals surface area contributed by atoms with Crippen LogP contribution < -0.4 is 5.32 Å². The van der Waals surface area contributed by atoms with E-state index in [0.29, 0.717) is 24.3 Å². The van der Waals surface area contributed by atoms with Gasteiger partial charge in [0.05, 0.1) is 10.6 Å². The molecule has 1 N–H and O–H groups in total. The Morgan fingerprint density at radius 1 is 1.09 bits per heavy atom. The molecule has 2 heterocycles. The van der Waals surface area contributed by atoms with Crippen LogP contribution in [0.2, 0.25) is 0 Å². The number of nitrogens with one attached hydrogen (secondary N) is 1. The standard InChI is InChI=1S/C24H28N4O3S/c1-3-28(4-2)32(30,31)21-12-8-10-19(16-21)24(29)25-20-11-7-9-18(15-20)22-17-27-14-6-5-13-23(27)26-22/h7-12,15-17H,3-6,13-14H2,1-2H3,(H,25,29). The third-order valence-corrected chi connectivity index (χ3v) is 7.81. The number of carbonyl (C=O) groups excluding carboxylic acids is 1. The van der Waals surface area contributed by atoms with Crippen molar-refractivity contribution < 1.29 is 13.2 Å². The number of rotatable bonds is 7. The van der Waals surface area contributed by atoms with Gasteiger partial charge in [-0.3, -0.25) is 4.79 Å². The number of hydrogen-bond acceptors (Lipinski definition) is 4. The minimum Gasteiger partial charge on any atom is -0.334 e. The summed E-state index contributed by atoms with van der Waals surface area (Å²) in [6.45, 7) is 5.33. The van der Waals surface area contributed by atoms with Crippen molar-refractivity contribution in [3.05, 3.63) is 66.1 Å². The predicted molar refractivity (Wildman–Crippen MR) is 125 cm³/mol. The fourth-order valence-corrected chi connectivity index (χ4v) is 5.53. The van der Waals surface area contributed by atoms with E-state index in [0.717, 1.165) is 36.5 Å². The highest BCUT2D eigenvalue weighted by atomic mass is 32.2. The lowest BCUT2D eigenvalue weighted by Gasteiger charge is -2.18. The Morgan fingerprint density at radius 3 is 2.62 bits per heavy atom. The Bertz CT molecular complexity index is 1210. The molecule has 7 nitrogen and oxygen atoms in total. The van der Waals surface area contributed by atoms with Crippen molar-refractivity contribution >= 4 is 21.6 Å². The maximum atomic E-state index is 12.9. The van der Waals surface area contributed by atoms with E-state index >= 15 is 0 Å². The van der Waals surface area contributed by atoms with Crippen LogP contribution in [0.1, 0.15) is 42.9 Å². The molecule has 8 heteroatoms. The van der Waals surface area contributed by atoms with Crippen molar-refractivity contribution in [2.24, 2.45) is 0 Å². The molecule has 32 heavy (non-hydrogen) atoms. The van der Waals surface area contributed by atoms with Gasteiger partial charge in [-0.25, -0.2) is 13.4 Å². The Labute approximate surface area is 189 Å². The number of sulfonamides is 1. The fourth-order valence-electron chi connectivity index (χ4n) is 4.02. The lowest BCUT2D eigenvalue weighted by Crippen LogP contribution is -2.30. The summed E-state index contributed by atoms with van der Waals surface area (Å²) < 4.78 is 29.2. The van der Waals surface area contributed by atoms with E-state index in [-0.39, 0.29) is 10.8 Å². The summed E-state index contributed by atoms with van der Waals surface area (Å²) in [6, 6.07) is 13.7. The molecule has 0 bridgehead atoms. The number of imidazole rings is 1. The zero-order valence-corrected chi connectivity index (χ0v) is 19.2. The second-order valence-electron chi connectivity index (χ2n) is 7.84. The first-order chi connectivity index (χ1) is 15.4. The Kier molecular flexibility index (Phi) is 6.43. The predicted octanol–water partition coefficient (Wildman–Crippen LogP) is 4.17. The van der Waals surface area contributed by atoms with Crippen LogP contribution in [-0.4, -0.2) is 41.3 Å². The SMILES string of the molecule is CCN(CC)S(=O)(=O)c1cccc(C(=O)Nc2cccc(-c3cn4c(n3)CCCC4)c2)c1. The van der Waals surface area contributed by atoms with Crippen LogP contribution in [0.4, 0.5) is 5.69 Å². The third kappa shape index (κ3) is 4.47. The molecule has 0 atom stereocenters. The molecule has 1 aliphatic rings. The number of fused-ring (bicyclic) bond motifs is 1. The summed E-state index contributed by atoms with van der Waals surface area (Å²) >= 11 is 0. The number of aryl methyl sites for hydroxylation is 2. The summed E-state index contributed by atoms with van der Waals surface area (Å²) in [5.41, 5.74) is 2.75. The summed E-state index contributed by atoms with van der Waals surface area (Å²) in [5.74, 6) is 0.745. The molecule has 0 radical (unpaired) electrons. The highest BCUT2D eigenvalue weighted by molar-refractivity contribution is 7.89. The molecule has 0 spiro atoms. The van der Waals surface area contributed by atoms with E-state index in [9.17, 15) is 13.2 Å². The van der Waals surface area contributed by atoms with Gasteiger partial charge < -0.3 is 9.88 Å². The first-order valence-corrected chi connectivity index (χ1v) is 12.4. The average molecular weight is 453 g/mol. The lowest BCUT2D eigenvalue weighted by molar-refractivity contribution is 0.102. The number of carbonyl (C=O) groups is 1. The van der Waals surface area contributed by atoms with Gasteiger partial charge in [-0.05, 0) is 43.2 Å². The monoisotopic (exact) mass is 452 g/mol. The van der Waals surface area contributed by atoms with E-state index in [1.54, 1.807) is 26.0 Å². The van der Waals surface area contributed by atoms with E-state index in [4.69, 9.17) is 4.98 Å². The van der Waals surface area contributed by atoms with Crippen LogP contribution in [0.5, 0.6) is 0 Å². The van der Waals surface area contributed by atoms with E-state index in [1.807, 2.05) is 24.3 Å². The Hall–Kier alpha value is -2.97. The number of hydrogen-bond donors (Lipinski definition) is 1. The smallest absolute Gasteiger partial charge is 0.255 e. The maximum absolute atomic E-state index is 12.9. The van der Waals surface area contributed by atoms with Crippen molar-refractivity contribution in [3.63, 3.8) is 0 Å². The van der Waals surface area contributed by atoms with Gasteiger partial charge in [-0.1, -0.05) is 32.0 Å². The highest BCUT2D eigenvalue weighted by Gasteiger charge is 2.22. The maximum Gasteiger partial charge on any atom is 0.255 e. The molecule has 0 unspecified atom stereocenters. The normalized spacial score (nSPS) is 13.7. The molecule has 0 aliphatic carbocycles. The number of benzene rings is 2. The van der Waals surface area contributed by atoms with Gasteiger partial charge in [0.2, 0.25) is 10.0 Å². The molecule has 3 aromatic rings. The number of nitrogens with zero attached hydrogens (tertiary/aromatic N) is 3. The molecule has 2 aromatic carbocycles. The van der Waals surface area contributed by atoms with E-state index < -0.39 is 10.0 Å². The van der Waals surface area contributed by atoms with Crippen molar-refractivity contribution in [1.82, 2.24) is 13.9 Å². The van der Waals surface area contributed by atoms with E-state index in [2.05, 4.69) is 16.1 Å². The van der Waals surface area contributed by atoms with Crippen molar-refractivity contribution in [2.45, 2.75) is 44.6 Å². The number of amides is 1. The topological polar surface area (TPSA) is 84.3 Å². The Balaban J connectivity index is 1.55. The number of anilines is 1. The zero-order valence-electron chi connectivity index (χ0n) is 18.4. The van der Waals surface area contributed by atoms with Crippen molar-refractivity contribution in [1.29, 1.82) is 0 Å². The molecule has 0 saturated carbocycles. The van der Waals surface area contributed by atoms with Gasteiger partial charge in [-0.15, -0.1) is 0 Å². The molecule has 0 fully saturated rings. The first-order valence-electron chi connectivity index (χ1n) is 11.0. The van der Waals surface area contributed by atoms with Crippen LogP contribution in [0.3, 0.4) is 0 Å². The zero-order chi connectivity index (χ0) is 22.7. The van der Waals surface area contributed by atoms with Crippen LogP contribution in [0, 0.1) is 0 Å². The van der Waals surface area contributed by atoms with Crippen molar-refractivity contribution in [3.8, 4) is 11.3 Å². The molecule has 0 saturated heterocycles. The van der Waals surface area contributed by atoms with Gasteiger partial charge in [0, 0.05) is 49.1 Å². The molecule has 1 aromatic heterocycles. The molecule has 168 valence electrons. The minimum absolute atomic E-state index is 0.117. The fraction of sp³-hybridized carbons (Fsp3) is 0.333. The molecular weight excluding hydrogens is 424 g/mol. The minimum atomic E-state index is -3.63. The van der Waals surface area contributed by atoms with Gasteiger partial charge in [0.1, 0.15) is 5.82 Å². The molecule has 1 aliphatic heterocycles. The van der Waals surface area contributed by atoms with Gasteiger partial charge in [-0.2, -0.15) is 4.31 Å². The third-order valence-electron chi connectivity index (χ3n) is 5.76. The van der Waals surface area contributed by atoms with Crippen LogP contribution in [0.15, 0.2) is 59.6 Å². The molecular formula is C24H28N4O3S. The van der Waals surface area contributed by atoms with E-state index in [1.165, 1.54) is 22.9 Å². The van der Waals surface area contributed by atoms with Crippen LogP contribution in [-0.2, 0) is 23.0 Å². The number of aromatic nitrogens is 2. The second-order valence-corrected chi connectivity index (χ2v) is 9.78. The van der Waals surface area contributed by atoms with Crippen LogP contribution >= 0.6 is 0 Å². The quantitative estimate of drug-likeness (QED) is 0.583. The Morgan fingerprint density at radius 2 is 1.88 bits per heavy atom. The van der Waals surface area contributed by atoms with Gasteiger partial charge in [0.25, 0.3) is 5.91 Å². The second kappa shape index (κ2) is 9.26. The summed E-state index contributed by atoms with van der Waals surface area (Å²) in [4.78, 5) is 17.7. The van der Waals surface area contributed by atoms with Gasteiger partial charge in [0.15, 0.2) is 0 Å². The highest BCUT2D eigenvalue weighted by Crippen LogP contribution is 2.25.